The first-order valence-electron chi connectivity index (χ1n) is 13.7. The number of carbonyl (C=O) groups is 1. The number of nitrogens with one attached hydrogen (secondary N) is 1. The number of amides is 1. The maximum absolute atomic E-state index is 13.0. The van der Waals surface area contributed by atoms with Crippen molar-refractivity contribution in [1.82, 2.24) is 14.6 Å². The molecule has 5 nitrogen and oxygen atoms in total. The van der Waals surface area contributed by atoms with Gasteiger partial charge in [0.2, 0.25) is 0 Å². The van der Waals surface area contributed by atoms with Gasteiger partial charge < -0.3 is 9.13 Å². The van der Waals surface area contributed by atoms with Gasteiger partial charge >= 0.3 is 0 Å². The van der Waals surface area contributed by atoms with Crippen molar-refractivity contribution in [2.45, 2.75) is 13.8 Å². The summed E-state index contributed by atoms with van der Waals surface area (Å²) in [5.41, 5.74) is 12.5. The molecule has 42 heavy (non-hydrogen) atoms. The highest BCUT2D eigenvalue weighted by molar-refractivity contribution is 6.30. The zero-order valence-electron chi connectivity index (χ0n) is 23.3. The molecule has 0 bridgehead atoms. The van der Waals surface area contributed by atoms with Gasteiger partial charge in [0.15, 0.2) is 0 Å². The molecule has 0 saturated heterocycles. The molecule has 6 aromatic rings. The summed E-state index contributed by atoms with van der Waals surface area (Å²) in [6.45, 7) is 4.05. The molecule has 0 aliphatic heterocycles. The van der Waals surface area contributed by atoms with E-state index in [0.717, 1.165) is 50.8 Å². The summed E-state index contributed by atoms with van der Waals surface area (Å²) in [6.07, 6.45) is 1.67. The maximum Gasteiger partial charge on any atom is 0.271 e. The van der Waals surface area contributed by atoms with Crippen molar-refractivity contribution >= 4 is 23.7 Å². The van der Waals surface area contributed by atoms with Crippen LogP contribution in [0.5, 0.6) is 0 Å². The van der Waals surface area contributed by atoms with Crippen LogP contribution in [0.15, 0.2) is 132 Å². The fraction of sp³-hybridized carbons (Fsp3) is 0.0556. The molecule has 6 heteroatoms. The van der Waals surface area contributed by atoms with Crippen molar-refractivity contribution < 1.29 is 4.79 Å². The molecule has 0 saturated carbocycles. The first-order chi connectivity index (χ1) is 20.5. The second-order valence-electron chi connectivity index (χ2n) is 10.1. The predicted molar refractivity (Wildman–Crippen MR) is 172 cm³/mol. The van der Waals surface area contributed by atoms with Crippen molar-refractivity contribution in [2.75, 3.05) is 0 Å². The van der Waals surface area contributed by atoms with Gasteiger partial charge in [0.1, 0.15) is 0 Å². The van der Waals surface area contributed by atoms with Crippen LogP contribution in [0.25, 0.3) is 33.9 Å². The lowest BCUT2D eigenvalue weighted by molar-refractivity contribution is 0.0955. The summed E-state index contributed by atoms with van der Waals surface area (Å²) in [6, 6.07) is 42.2. The molecule has 2 aromatic heterocycles. The monoisotopic (exact) mass is 568 g/mol. The van der Waals surface area contributed by atoms with E-state index in [1.807, 2.05) is 105 Å². The lowest BCUT2D eigenvalue weighted by Gasteiger charge is -2.15. The maximum atomic E-state index is 13.0. The number of carbonyl (C=O) groups excluding carboxylic acids is 1. The number of hydrazone groups is 1. The molecule has 2 heterocycles. The minimum absolute atomic E-state index is 0.277. The third-order valence-corrected chi connectivity index (χ3v) is 7.55. The highest BCUT2D eigenvalue weighted by Gasteiger charge is 2.15. The number of rotatable bonds is 7. The Morgan fingerprint density at radius 2 is 1.31 bits per heavy atom. The first-order valence-corrected chi connectivity index (χ1v) is 14.1. The number of hydrogen-bond donors (Lipinski definition) is 1. The highest BCUT2D eigenvalue weighted by Crippen LogP contribution is 2.32. The Kier molecular flexibility index (Phi) is 7.58. The van der Waals surface area contributed by atoms with Gasteiger partial charge in [-0.3, -0.25) is 4.79 Å². The van der Waals surface area contributed by atoms with Gasteiger partial charge in [0, 0.05) is 38.9 Å². The van der Waals surface area contributed by atoms with Crippen LogP contribution in [0.2, 0.25) is 5.02 Å². The molecular weight excluding hydrogens is 540 g/mol. The zero-order chi connectivity index (χ0) is 29.1. The molecule has 0 atom stereocenters. The second-order valence-corrected chi connectivity index (χ2v) is 10.5. The highest BCUT2D eigenvalue weighted by atomic mass is 35.5. The van der Waals surface area contributed by atoms with E-state index in [0.29, 0.717) is 10.6 Å². The minimum Gasteiger partial charge on any atom is -0.318 e. The van der Waals surface area contributed by atoms with E-state index in [2.05, 4.69) is 56.1 Å². The number of aromatic nitrogens is 2. The fourth-order valence-electron chi connectivity index (χ4n) is 5.30. The van der Waals surface area contributed by atoms with Crippen LogP contribution in [-0.2, 0) is 0 Å². The SMILES string of the molecule is Cc1cc(/C=N\NC(=O)c2ccc(-n3c(-c4ccccc4)ccc3-c3ccccc3)cc2)c(C)n1-c1cccc(Cl)c1. The van der Waals surface area contributed by atoms with Crippen LogP contribution >= 0.6 is 11.6 Å². The molecule has 0 aliphatic rings. The summed E-state index contributed by atoms with van der Waals surface area (Å²) in [4.78, 5) is 13.0. The van der Waals surface area contributed by atoms with E-state index in [9.17, 15) is 4.79 Å². The van der Waals surface area contributed by atoms with Gasteiger partial charge in [0.05, 0.1) is 17.6 Å². The second kappa shape index (κ2) is 11.8. The van der Waals surface area contributed by atoms with E-state index in [-0.39, 0.29) is 5.91 Å². The van der Waals surface area contributed by atoms with Gasteiger partial charge in [-0.05, 0) is 85.6 Å². The van der Waals surface area contributed by atoms with E-state index in [4.69, 9.17) is 11.6 Å². The topological polar surface area (TPSA) is 51.3 Å². The normalized spacial score (nSPS) is 11.2. The minimum atomic E-state index is -0.277. The summed E-state index contributed by atoms with van der Waals surface area (Å²) in [5.74, 6) is -0.277. The lowest BCUT2D eigenvalue weighted by Crippen LogP contribution is -2.17. The molecular formula is C36H29ClN4O. The Bertz CT molecular complexity index is 1830. The van der Waals surface area contributed by atoms with Crippen molar-refractivity contribution in [1.29, 1.82) is 0 Å². The Hall–Kier alpha value is -5.13. The van der Waals surface area contributed by atoms with Gasteiger partial charge in [-0.2, -0.15) is 5.10 Å². The molecule has 0 radical (unpaired) electrons. The van der Waals surface area contributed by atoms with Crippen molar-refractivity contribution in [3.63, 3.8) is 0 Å². The van der Waals surface area contributed by atoms with Crippen LogP contribution in [0.4, 0.5) is 0 Å². The van der Waals surface area contributed by atoms with Crippen molar-refractivity contribution in [2.24, 2.45) is 5.10 Å². The number of aryl methyl sites for hydroxylation is 1. The molecule has 1 amide bonds. The average molecular weight is 569 g/mol. The third kappa shape index (κ3) is 5.42. The van der Waals surface area contributed by atoms with Crippen LogP contribution in [-0.4, -0.2) is 21.3 Å². The van der Waals surface area contributed by atoms with Crippen LogP contribution in [0.1, 0.15) is 27.3 Å². The van der Waals surface area contributed by atoms with Crippen molar-refractivity contribution in [3.8, 4) is 33.9 Å². The summed E-state index contributed by atoms with van der Waals surface area (Å²) in [5, 5.41) is 4.93. The molecule has 0 unspecified atom stereocenters. The lowest BCUT2D eigenvalue weighted by atomic mass is 10.1. The Morgan fingerprint density at radius 1 is 0.690 bits per heavy atom. The zero-order valence-corrected chi connectivity index (χ0v) is 24.1. The van der Waals surface area contributed by atoms with E-state index in [1.165, 1.54) is 0 Å². The molecule has 0 fully saturated rings. The first kappa shape index (κ1) is 27.1. The van der Waals surface area contributed by atoms with Crippen molar-refractivity contribution in [3.05, 3.63) is 155 Å². The molecule has 1 N–H and O–H groups in total. The molecule has 6 rings (SSSR count). The predicted octanol–water partition coefficient (Wildman–Crippen LogP) is 8.64. The molecule has 0 aliphatic carbocycles. The Morgan fingerprint density at radius 3 is 1.90 bits per heavy atom. The molecule has 206 valence electrons. The fourth-order valence-corrected chi connectivity index (χ4v) is 5.49. The number of benzene rings is 4. The Balaban J connectivity index is 1.23. The van der Waals surface area contributed by atoms with E-state index < -0.39 is 0 Å². The van der Waals surface area contributed by atoms with Gasteiger partial charge in [-0.1, -0.05) is 78.3 Å². The summed E-state index contributed by atoms with van der Waals surface area (Å²) < 4.78 is 4.34. The van der Waals surface area contributed by atoms with E-state index in [1.54, 1.807) is 6.21 Å². The number of nitrogens with zero attached hydrogens (tertiary/aromatic N) is 3. The Labute approximate surface area is 250 Å². The van der Waals surface area contributed by atoms with Gasteiger partial charge in [-0.25, -0.2) is 5.43 Å². The number of halogens is 1. The van der Waals surface area contributed by atoms with Crippen LogP contribution < -0.4 is 5.43 Å². The third-order valence-electron chi connectivity index (χ3n) is 7.31. The van der Waals surface area contributed by atoms with E-state index >= 15 is 0 Å². The average Bonchev–Trinajstić information content (AvgIpc) is 3.58. The largest absolute Gasteiger partial charge is 0.318 e. The molecule has 0 spiro atoms. The van der Waals surface area contributed by atoms with Gasteiger partial charge in [0.25, 0.3) is 5.91 Å². The van der Waals surface area contributed by atoms with Crippen LogP contribution in [0.3, 0.4) is 0 Å². The summed E-state index contributed by atoms with van der Waals surface area (Å²) >= 11 is 6.20. The van der Waals surface area contributed by atoms with Gasteiger partial charge in [-0.15, -0.1) is 0 Å². The standard InChI is InChI=1S/C36H29ClN4O/c1-25-22-30(26(2)40(25)33-15-9-14-31(37)23-33)24-38-39-36(42)29-16-18-32(19-17-29)41-34(27-10-5-3-6-11-27)20-21-35(41)28-12-7-4-8-13-28/h3-24H,1-2H3,(H,39,42)/b38-24-. The molecule has 4 aromatic carbocycles. The summed E-state index contributed by atoms with van der Waals surface area (Å²) in [7, 11) is 0. The smallest absolute Gasteiger partial charge is 0.271 e. The number of hydrogen-bond acceptors (Lipinski definition) is 2. The quantitative estimate of drug-likeness (QED) is 0.152. The van der Waals surface area contributed by atoms with Crippen LogP contribution in [0, 0.1) is 13.8 Å².